The number of methoxy groups -OCH3 is 1. The summed E-state index contributed by atoms with van der Waals surface area (Å²) in [5, 5.41) is 6.64. The number of nitrogens with zero attached hydrogens (tertiary/aromatic N) is 1. The van der Waals surface area contributed by atoms with Crippen molar-refractivity contribution in [2.75, 3.05) is 20.7 Å². The van der Waals surface area contributed by atoms with Crippen LogP contribution in [0.15, 0.2) is 29.3 Å². The first-order valence-electron chi connectivity index (χ1n) is 6.57. The molecule has 4 heteroatoms. The van der Waals surface area contributed by atoms with E-state index in [-0.39, 0.29) is 5.54 Å². The molecule has 1 aromatic rings. The van der Waals surface area contributed by atoms with Gasteiger partial charge in [0.2, 0.25) is 0 Å². The zero-order valence-corrected chi connectivity index (χ0v) is 12.6. The molecule has 4 nitrogen and oxygen atoms in total. The highest BCUT2D eigenvalue weighted by Crippen LogP contribution is 2.17. The van der Waals surface area contributed by atoms with Gasteiger partial charge in [0.05, 0.1) is 7.11 Å². The van der Waals surface area contributed by atoms with Gasteiger partial charge in [0.25, 0.3) is 0 Å². The number of ether oxygens (including phenoxy) is 1. The Bertz CT molecular complexity index is 422. The van der Waals surface area contributed by atoms with Crippen LogP contribution in [0.4, 0.5) is 0 Å². The minimum absolute atomic E-state index is 0.00623. The largest absolute Gasteiger partial charge is 0.496 e. The fourth-order valence-electron chi connectivity index (χ4n) is 1.76. The van der Waals surface area contributed by atoms with Crippen molar-refractivity contribution in [1.29, 1.82) is 0 Å². The van der Waals surface area contributed by atoms with E-state index in [4.69, 9.17) is 4.74 Å². The van der Waals surface area contributed by atoms with Crippen molar-refractivity contribution in [3.05, 3.63) is 29.8 Å². The second kappa shape index (κ2) is 7.02. The Morgan fingerprint density at radius 2 is 1.95 bits per heavy atom. The SMILES string of the molecule is CN=C(NCCc1ccccc1OC)NC(C)(C)C. The number of rotatable bonds is 4. The summed E-state index contributed by atoms with van der Waals surface area (Å²) < 4.78 is 5.34. The van der Waals surface area contributed by atoms with Crippen LogP contribution < -0.4 is 15.4 Å². The molecule has 0 fully saturated rings. The molecular weight excluding hydrogens is 238 g/mol. The Kier molecular flexibility index (Phi) is 5.67. The van der Waals surface area contributed by atoms with E-state index in [9.17, 15) is 0 Å². The summed E-state index contributed by atoms with van der Waals surface area (Å²) in [6.07, 6.45) is 0.898. The first kappa shape index (κ1) is 15.3. The number of benzene rings is 1. The molecule has 0 bridgehead atoms. The highest BCUT2D eigenvalue weighted by molar-refractivity contribution is 5.80. The van der Waals surface area contributed by atoms with Crippen LogP contribution in [0.3, 0.4) is 0 Å². The molecule has 0 aliphatic heterocycles. The number of aliphatic imine (C=N–C) groups is 1. The Morgan fingerprint density at radius 1 is 1.26 bits per heavy atom. The van der Waals surface area contributed by atoms with Gasteiger partial charge in [-0.3, -0.25) is 4.99 Å². The van der Waals surface area contributed by atoms with Crippen molar-refractivity contribution in [2.24, 2.45) is 4.99 Å². The van der Waals surface area contributed by atoms with Gasteiger partial charge >= 0.3 is 0 Å². The summed E-state index contributed by atoms with van der Waals surface area (Å²) in [5.41, 5.74) is 1.20. The van der Waals surface area contributed by atoms with Crippen molar-refractivity contribution in [3.8, 4) is 5.75 Å². The number of hydrogen-bond donors (Lipinski definition) is 2. The zero-order valence-electron chi connectivity index (χ0n) is 12.6. The molecule has 0 saturated heterocycles. The number of para-hydroxylation sites is 1. The lowest BCUT2D eigenvalue weighted by Crippen LogP contribution is -2.48. The van der Waals surface area contributed by atoms with E-state index in [1.165, 1.54) is 5.56 Å². The maximum absolute atomic E-state index is 5.34. The zero-order chi connectivity index (χ0) is 14.3. The summed E-state index contributed by atoms with van der Waals surface area (Å²) in [7, 11) is 3.48. The van der Waals surface area contributed by atoms with Crippen LogP contribution in [-0.2, 0) is 6.42 Å². The molecule has 0 aliphatic carbocycles. The van der Waals surface area contributed by atoms with Gasteiger partial charge in [-0.05, 0) is 38.8 Å². The third-order valence-corrected chi connectivity index (χ3v) is 2.60. The summed E-state index contributed by atoms with van der Waals surface area (Å²) in [6.45, 7) is 7.15. The van der Waals surface area contributed by atoms with E-state index in [1.807, 2.05) is 18.2 Å². The van der Waals surface area contributed by atoms with E-state index in [0.29, 0.717) is 0 Å². The Morgan fingerprint density at radius 3 is 2.53 bits per heavy atom. The van der Waals surface area contributed by atoms with Crippen LogP contribution in [0.1, 0.15) is 26.3 Å². The molecule has 0 unspecified atom stereocenters. The van der Waals surface area contributed by atoms with Crippen LogP contribution in [-0.4, -0.2) is 32.2 Å². The van der Waals surface area contributed by atoms with Crippen molar-refractivity contribution in [3.63, 3.8) is 0 Å². The summed E-state index contributed by atoms with van der Waals surface area (Å²) in [5.74, 6) is 1.76. The summed E-state index contributed by atoms with van der Waals surface area (Å²) in [4.78, 5) is 4.21. The monoisotopic (exact) mass is 263 g/mol. The topological polar surface area (TPSA) is 45.7 Å². The number of guanidine groups is 1. The standard InChI is InChI=1S/C15H25N3O/c1-15(2,3)18-14(16-4)17-11-10-12-8-6-7-9-13(12)19-5/h6-9H,10-11H2,1-5H3,(H2,16,17,18). The third-order valence-electron chi connectivity index (χ3n) is 2.60. The van der Waals surface area contributed by atoms with Gasteiger partial charge in [-0.25, -0.2) is 0 Å². The maximum atomic E-state index is 5.34. The molecule has 0 atom stereocenters. The predicted molar refractivity (Wildman–Crippen MR) is 80.9 cm³/mol. The lowest BCUT2D eigenvalue weighted by molar-refractivity contribution is 0.409. The molecule has 1 rings (SSSR count). The molecule has 106 valence electrons. The van der Waals surface area contributed by atoms with Crippen molar-refractivity contribution in [1.82, 2.24) is 10.6 Å². The van der Waals surface area contributed by atoms with Crippen LogP contribution in [0.25, 0.3) is 0 Å². The summed E-state index contributed by atoms with van der Waals surface area (Å²) >= 11 is 0. The molecular formula is C15H25N3O. The van der Waals surface area contributed by atoms with Gasteiger partial charge in [0, 0.05) is 19.1 Å². The minimum atomic E-state index is 0.00623. The highest BCUT2D eigenvalue weighted by atomic mass is 16.5. The van der Waals surface area contributed by atoms with Crippen LogP contribution in [0.5, 0.6) is 5.75 Å². The van der Waals surface area contributed by atoms with E-state index >= 15 is 0 Å². The Balaban J connectivity index is 2.49. The molecule has 0 saturated carbocycles. The Labute approximate surface area is 116 Å². The number of nitrogens with one attached hydrogen (secondary N) is 2. The van der Waals surface area contributed by atoms with Gasteiger partial charge in [-0.1, -0.05) is 18.2 Å². The molecule has 0 aromatic heterocycles. The molecule has 0 amide bonds. The van der Waals surface area contributed by atoms with E-state index in [1.54, 1.807) is 14.2 Å². The van der Waals surface area contributed by atoms with Crippen molar-refractivity contribution < 1.29 is 4.74 Å². The average Bonchev–Trinajstić information content (AvgIpc) is 2.36. The van der Waals surface area contributed by atoms with E-state index in [2.05, 4.69) is 42.5 Å². The molecule has 0 heterocycles. The van der Waals surface area contributed by atoms with E-state index < -0.39 is 0 Å². The molecule has 19 heavy (non-hydrogen) atoms. The van der Waals surface area contributed by atoms with Gasteiger partial charge in [0.1, 0.15) is 5.75 Å². The van der Waals surface area contributed by atoms with Gasteiger partial charge in [-0.2, -0.15) is 0 Å². The van der Waals surface area contributed by atoms with Gasteiger partial charge in [0.15, 0.2) is 5.96 Å². The summed E-state index contributed by atoms with van der Waals surface area (Å²) in [6, 6.07) is 8.08. The van der Waals surface area contributed by atoms with E-state index in [0.717, 1.165) is 24.7 Å². The smallest absolute Gasteiger partial charge is 0.191 e. The first-order valence-corrected chi connectivity index (χ1v) is 6.57. The van der Waals surface area contributed by atoms with Gasteiger partial charge < -0.3 is 15.4 Å². The quantitative estimate of drug-likeness (QED) is 0.646. The first-order chi connectivity index (χ1) is 8.96. The maximum Gasteiger partial charge on any atom is 0.191 e. The van der Waals surface area contributed by atoms with Gasteiger partial charge in [-0.15, -0.1) is 0 Å². The van der Waals surface area contributed by atoms with Crippen LogP contribution in [0, 0.1) is 0 Å². The molecule has 2 N–H and O–H groups in total. The predicted octanol–water partition coefficient (Wildman–Crippen LogP) is 2.20. The minimum Gasteiger partial charge on any atom is -0.496 e. The highest BCUT2D eigenvalue weighted by Gasteiger charge is 2.11. The molecule has 0 radical (unpaired) electrons. The lowest BCUT2D eigenvalue weighted by Gasteiger charge is -2.23. The van der Waals surface area contributed by atoms with Crippen LogP contribution >= 0.6 is 0 Å². The van der Waals surface area contributed by atoms with Crippen LogP contribution in [0.2, 0.25) is 0 Å². The fraction of sp³-hybridized carbons (Fsp3) is 0.533. The fourth-order valence-corrected chi connectivity index (χ4v) is 1.76. The van der Waals surface area contributed by atoms with Crippen molar-refractivity contribution >= 4 is 5.96 Å². The molecule has 0 spiro atoms. The van der Waals surface area contributed by atoms with Crippen molar-refractivity contribution in [2.45, 2.75) is 32.7 Å². The second-order valence-corrected chi connectivity index (χ2v) is 5.44. The second-order valence-electron chi connectivity index (χ2n) is 5.44. The molecule has 1 aromatic carbocycles. The lowest BCUT2D eigenvalue weighted by atomic mass is 10.1. The molecule has 0 aliphatic rings. The number of hydrogen-bond acceptors (Lipinski definition) is 2. The average molecular weight is 263 g/mol. The Hall–Kier alpha value is -1.71. The third kappa shape index (κ3) is 5.64. The normalized spacial score (nSPS) is 12.2.